The predicted molar refractivity (Wildman–Crippen MR) is 51.3 cm³/mol. The first kappa shape index (κ1) is 9.47. The van der Waals surface area contributed by atoms with E-state index in [0.29, 0.717) is 17.8 Å². The van der Waals surface area contributed by atoms with Crippen LogP contribution in [0, 0.1) is 17.8 Å². The summed E-state index contributed by atoms with van der Waals surface area (Å²) < 4.78 is 0. The average molecular weight is 184 g/mol. The second-order valence-corrected chi connectivity index (χ2v) is 4.73. The highest BCUT2D eigenvalue weighted by molar-refractivity contribution is 4.93. The molecule has 0 heterocycles. The van der Waals surface area contributed by atoms with Crippen LogP contribution in [0.25, 0.3) is 0 Å². The van der Waals surface area contributed by atoms with Gasteiger partial charge < -0.3 is 10.2 Å². The lowest BCUT2D eigenvalue weighted by Crippen LogP contribution is -2.25. The lowest BCUT2D eigenvalue weighted by atomic mass is 9.83. The molecule has 2 rings (SSSR count). The normalized spacial score (nSPS) is 37.4. The number of hydrogen-bond donors (Lipinski definition) is 2. The van der Waals surface area contributed by atoms with E-state index in [0.717, 1.165) is 6.42 Å². The van der Waals surface area contributed by atoms with Crippen LogP contribution < -0.4 is 0 Å². The van der Waals surface area contributed by atoms with Crippen molar-refractivity contribution >= 4 is 0 Å². The van der Waals surface area contributed by atoms with Crippen LogP contribution in [-0.4, -0.2) is 22.9 Å². The molecule has 0 radical (unpaired) electrons. The first-order valence-corrected chi connectivity index (χ1v) is 5.62. The molecule has 0 saturated heterocycles. The molecule has 2 fully saturated rings. The van der Waals surface area contributed by atoms with Crippen LogP contribution in [0.15, 0.2) is 0 Å². The monoisotopic (exact) mass is 184 g/mol. The Morgan fingerprint density at radius 2 is 1.85 bits per heavy atom. The molecule has 0 bridgehead atoms. The zero-order chi connectivity index (χ0) is 9.26. The molecular weight excluding hydrogens is 164 g/mol. The summed E-state index contributed by atoms with van der Waals surface area (Å²) in [7, 11) is 0. The summed E-state index contributed by atoms with van der Waals surface area (Å²) in [5.74, 6) is 1.38. The minimum atomic E-state index is -0.113. The van der Waals surface area contributed by atoms with Gasteiger partial charge in [-0.15, -0.1) is 0 Å². The quantitative estimate of drug-likeness (QED) is 0.698. The summed E-state index contributed by atoms with van der Waals surface area (Å²) in [5, 5.41) is 18.9. The molecule has 0 aromatic rings. The zero-order valence-corrected chi connectivity index (χ0v) is 8.15. The molecule has 0 aromatic carbocycles. The Hall–Kier alpha value is -0.0800. The van der Waals surface area contributed by atoms with Crippen LogP contribution in [0.3, 0.4) is 0 Å². The fourth-order valence-electron chi connectivity index (χ4n) is 2.72. The molecule has 2 N–H and O–H groups in total. The first-order valence-electron chi connectivity index (χ1n) is 5.62. The lowest BCUT2D eigenvalue weighted by molar-refractivity contribution is 0.0576. The molecule has 0 amide bonds. The average Bonchev–Trinajstić information content (AvgIpc) is 2.97. The molecule has 3 atom stereocenters. The number of rotatable bonds is 3. The van der Waals surface area contributed by atoms with Crippen molar-refractivity contribution in [2.75, 3.05) is 6.61 Å². The third-order valence-corrected chi connectivity index (χ3v) is 3.78. The van der Waals surface area contributed by atoms with E-state index < -0.39 is 0 Å². The van der Waals surface area contributed by atoms with Gasteiger partial charge in [-0.2, -0.15) is 0 Å². The number of hydrogen-bond acceptors (Lipinski definition) is 2. The second-order valence-electron chi connectivity index (χ2n) is 4.73. The van der Waals surface area contributed by atoms with Gasteiger partial charge in [0.2, 0.25) is 0 Å². The Balaban J connectivity index is 1.79. The molecule has 2 aliphatic rings. The molecule has 2 nitrogen and oxygen atoms in total. The fraction of sp³-hybridized carbons (Fsp3) is 1.00. The van der Waals surface area contributed by atoms with Crippen LogP contribution >= 0.6 is 0 Å². The maximum atomic E-state index is 10.0. The van der Waals surface area contributed by atoms with Crippen LogP contribution in [0.4, 0.5) is 0 Å². The predicted octanol–water partition coefficient (Wildman–Crippen LogP) is 1.56. The maximum absolute atomic E-state index is 10.0. The van der Waals surface area contributed by atoms with Crippen LogP contribution in [0.1, 0.15) is 38.5 Å². The minimum Gasteiger partial charge on any atom is -0.396 e. The number of aliphatic hydroxyl groups is 2. The van der Waals surface area contributed by atoms with Gasteiger partial charge in [0.25, 0.3) is 0 Å². The van der Waals surface area contributed by atoms with E-state index in [2.05, 4.69) is 0 Å². The zero-order valence-electron chi connectivity index (χ0n) is 8.15. The Morgan fingerprint density at radius 1 is 1.15 bits per heavy atom. The molecule has 0 aromatic heterocycles. The minimum absolute atomic E-state index is 0.113. The molecule has 2 saturated carbocycles. The van der Waals surface area contributed by atoms with Crippen molar-refractivity contribution in [1.29, 1.82) is 0 Å². The topological polar surface area (TPSA) is 40.5 Å². The van der Waals surface area contributed by atoms with E-state index in [4.69, 9.17) is 5.11 Å². The highest BCUT2D eigenvalue weighted by atomic mass is 16.3. The van der Waals surface area contributed by atoms with Gasteiger partial charge in [0.15, 0.2) is 0 Å². The van der Waals surface area contributed by atoms with Gasteiger partial charge in [0.05, 0.1) is 6.10 Å². The Kier molecular flexibility index (Phi) is 2.89. The molecule has 2 heteroatoms. The van der Waals surface area contributed by atoms with Crippen molar-refractivity contribution < 1.29 is 10.2 Å². The summed E-state index contributed by atoms with van der Waals surface area (Å²) in [6, 6.07) is 0. The summed E-state index contributed by atoms with van der Waals surface area (Å²) >= 11 is 0. The molecule has 2 aliphatic carbocycles. The SMILES string of the molecule is OCC1CC1C(O)C1CCCCC1. The van der Waals surface area contributed by atoms with E-state index in [-0.39, 0.29) is 12.7 Å². The third-order valence-electron chi connectivity index (χ3n) is 3.78. The van der Waals surface area contributed by atoms with E-state index in [9.17, 15) is 5.11 Å². The molecule has 13 heavy (non-hydrogen) atoms. The lowest BCUT2D eigenvalue weighted by Gasteiger charge is -2.26. The van der Waals surface area contributed by atoms with E-state index in [1.54, 1.807) is 0 Å². The van der Waals surface area contributed by atoms with Gasteiger partial charge in [-0.25, -0.2) is 0 Å². The van der Waals surface area contributed by atoms with Crippen molar-refractivity contribution in [1.82, 2.24) is 0 Å². The van der Waals surface area contributed by atoms with Gasteiger partial charge in [-0.3, -0.25) is 0 Å². The summed E-state index contributed by atoms with van der Waals surface area (Å²) in [5.41, 5.74) is 0. The third kappa shape index (κ3) is 2.05. The van der Waals surface area contributed by atoms with E-state index in [1.165, 1.54) is 32.1 Å². The molecule has 0 spiro atoms. The Labute approximate surface area is 80.0 Å². The standard InChI is InChI=1S/C11H20O2/c12-7-9-6-10(9)11(13)8-4-2-1-3-5-8/h8-13H,1-7H2. The van der Waals surface area contributed by atoms with Crippen LogP contribution in [0.2, 0.25) is 0 Å². The first-order chi connectivity index (χ1) is 6.33. The van der Waals surface area contributed by atoms with Crippen molar-refractivity contribution in [3.63, 3.8) is 0 Å². The molecule has 3 unspecified atom stereocenters. The van der Waals surface area contributed by atoms with Crippen molar-refractivity contribution in [2.24, 2.45) is 17.8 Å². The smallest absolute Gasteiger partial charge is 0.0600 e. The van der Waals surface area contributed by atoms with Gasteiger partial charge >= 0.3 is 0 Å². The molecule has 0 aliphatic heterocycles. The van der Waals surface area contributed by atoms with Crippen molar-refractivity contribution in [2.45, 2.75) is 44.6 Å². The highest BCUT2D eigenvalue weighted by Crippen LogP contribution is 2.45. The summed E-state index contributed by atoms with van der Waals surface area (Å²) in [4.78, 5) is 0. The highest BCUT2D eigenvalue weighted by Gasteiger charge is 2.44. The molecule has 76 valence electrons. The summed E-state index contributed by atoms with van der Waals surface area (Å²) in [6.45, 7) is 0.272. The van der Waals surface area contributed by atoms with Gasteiger partial charge in [-0.1, -0.05) is 19.3 Å². The Morgan fingerprint density at radius 3 is 2.38 bits per heavy atom. The van der Waals surface area contributed by atoms with Gasteiger partial charge in [-0.05, 0) is 37.0 Å². The van der Waals surface area contributed by atoms with Crippen molar-refractivity contribution in [3.8, 4) is 0 Å². The number of aliphatic hydroxyl groups excluding tert-OH is 2. The largest absolute Gasteiger partial charge is 0.396 e. The Bertz CT molecular complexity index is 163. The van der Waals surface area contributed by atoms with E-state index in [1.807, 2.05) is 0 Å². The van der Waals surface area contributed by atoms with Gasteiger partial charge in [0.1, 0.15) is 0 Å². The second kappa shape index (κ2) is 3.97. The fourth-order valence-corrected chi connectivity index (χ4v) is 2.72. The van der Waals surface area contributed by atoms with Crippen molar-refractivity contribution in [3.05, 3.63) is 0 Å². The van der Waals surface area contributed by atoms with Crippen LogP contribution in [-0.2, 0) is 0 Å². The maximum Gasteiger partial charge on any atom is 0.0600 e. The van der Waals surface area contributed by atoms with Gasteiger partial charge in [0, 0.05) is 6.61 Å². The van der Waals surface area contributed by atoms with Crippen LogP contribution in [0.5, 0.6) is 0 Å². The van der Waals surface area contributed by atoms with E-state index >= 15 is 0 Å². The molecular formula is C11H20O2. The summed E-state index contributed by atoms with van der Waals surface area (Å²) in [6.07, 6.45) is 7.27.